The van der Waals surface area contributed by atoms with Crippen LogP contribution in [0.5, 0.6) is 11.5 Å². The minimum absolute atomic E-state index is 0.219. The molecule has 0 radical (unpaired) electrons. The quantitative estimate of drug-likeness (QED) is 0.444. The second-order valence-electron chi connectivity index (χ2n) is 6.39. The number of amides is 1. The SMILES string of the molecule is CCOc1ccccc1NC(=O)c1oc2ccccc2c1COc1ccccc1. The topological polar surface area (TPSA) is 60.7 Å². The summed E-state index contributed by atoms with van der Waals surface area (Å²) in [6.45, 7) is 2.63. The molecule has 4 aromatic rings. The number of fused-ring (bicyclic) bond motifs is 1. The normalized spacial score (nSPS) is 10.7. The summed E-state index contributed by atoms with van der Waals surface area (Å²) in [6, 6.07) is 24.4. The third kappa shape index (κ3) is 4.09. The number of furan rings is 1. The van der Waals surface area contributed by atoms with Gasteiger partial charge in [0.05, 0.1) is 12.3 Å². The van der Waals surface area contributed by atoms with Crippen LogP contribution in [-0.4, -0.2) is 12.5 Å². The fourth-order valence-electron chi connectivity index (χ4n) is 3.13. The van der Waals surface area contributed by atoms with Crippen LogP contribution < -0.4 is 14.8 Å². The van der Waals surface area contributed by atoms with Crippen molar-refractivity contribution in [1.82, 2.24) is 0 Å². The minimum Gasteiger partial charge on any atom is -0.492 e. The second-order valence-corrected chi connectivity index (χ2v) is 6.39. The van der Waals surface area contributed by atoms with Crippen LogP contribution in [0.4, 0.5) is 5.69 Å². The number of para-hydroxylation sites is 4. The van der Waals surface area contributed by atoms with Gasteiger partial charge in [-0.25, -0.2) is 0 Å². The summed E-state index contributed by atoms with van der Waals surface area (Å²) in [6.07, 6.45) is 0. The third-order valence-corrected chi connectivity index (χ3v) is 4.47. The lowest BCUT2D eigenvalue weighted by Gasteiger charge is -2.11. The summed E-state index contributed by atoms with van der Waals surface area (Å²) in [5.41, 5.74) is 1.94. The Morgan fingerprint density at radius 1 is 0.897 bits per heavy atom. The van der Waals surface area contributed by atoms with Crippen molar-refractivity contribution >= 4 is 22.6 Å². The smallest absolute Gasteiger partial charge is 0.291 e. The third-order valence-electron chi connectivity index (χ3n) is 4.47. The lowest BCUT2D eigenvalue weighted by Crippen LogP contribution is -2.14. The molecule has 5 nitrogen and oxygen atoms in total. The van der Waals surface area contributed by atoms with Crippen LogP contribution in [-0.2, 0) is 6.61 Å². The van der Waals surface area contributed by atoms with Crippen molar-refractivity contribution < 1.29 is 18.7 Å². The summed E-state index contributed by atoms with van der Waals surface area (Å²) in [5, 5.41) is 3.75. The maximum absolute atomic E-state index is 13.1. The Balaban J connectivity index is 1.65. The lowest BCUT2D eigenvalue weighted by atomic mass is 10.1. The van der Waals surface area contributed by atoms with Crippen LogP contribution in [0.25, 0.3) is 11.0 Å². The van der Waals surface area contributed by atoms with E-state index in [9.17, 15) is 4.79 Å². The van der Waals surface area contributed by atoms with E-state index in [0.717, 1.165) is 11.1 Å². The molecule has 0 atom stereocenters. The lowest BCUT2D eigenvalue weighted by molar-refractivity contribution is 0.0995. The van der Waals surface area contributed by atoms with Crippen molar-refractivity contribution in [2.75, 3.05) is 11.9 Å². The Morgan fingerprint density at radius 2 is 1.62 bits per heavy atom. The van der Waals surface area contributed by atoms with Crippen LogP contribution in [0.15, 0.2) is 83.3 Å². The van der Waals surface area contributed by atoms with Gasteiger partial charge in [-0.05, 0) is 37.3 Å². The average molecular weight is 387 g/mol. The molecule has 29 heavy (non-hydrogen) atoms. The molecule has 4 rings (SSSR count). The molecule has 0 fully saturated rings. The van der Waals surface area contributed by atoms with Gasteiger partial charge in [0.1, 0.15) is 23.7 Å². The Labute approximate surface area is 168 Å². The molecule has 0 bridgehead atoms. The van der Waals surface area contributed by atoms with Gasteiger partial charge in [-0.15, -0.1) is 0 Å². The molecular weight excluding hydrogens is 366 g/mol. The molecule has 0 unspecified atom stereocenters. The van der Waals surface area contributed by atoms with Gasteiger partial charge in [0.25, 0.3) is 5.91 Å². The Bertz CT molecular complexity index is 1120. The van der Waals surface area contributed by atoms with Gasteiger partial charge in [-0.2, -0.15) is 0 Å². The van der Waals surface area contributed by atoms with E-state index < -0.39 is 0 Å². The van der Waals surface area contributed by atoms with Crippen LogP contribution in [0, 0.1) is 0 Å². The van der Waals surface area contributed by atoms with E-state index in [4.69, 9.17) is 13.9 Å². The standard InChI is InChI=1S/C24H21NO4/c1-2-27-22-15-9-7-13-20(22)25-24(26)23-19(16-28-17-10-4-3-5-11-17)18-12-6-8-14-21(18)29-23/h3-15H,2,16H2,1H3,(H,25,26). The molecule has 1 heterocycles. The van der Waals surface area contributed by atoms with Gasteiger partial charge in [0.2, 0.25) is 0 Å². The fraction of sp³-hybridized carbons (Fsp3) is 0.125. The molecule has 0 saturated heterocycles. The highest BCUT2D eigenvalue weighted by Gasteiger charge is 2.22. The van der Waals surface area contributed by atoms with Crippen molar-refractivity contribution in [3.05, 3.63) is 90.2 Å². The first-order chi connectivity index (χ1) is 14.3. The van der Waals surface area contributed by atoms with Crippen molar-refractivity contribution in [3.8, 4) is 11.5 Å². The first kappa shape index (κ1) is 18.6. The largest absolute Gasteiger partial charge is 0.492 e. The van der Waals surface area contributed by atoms with Gasteiger partial charge in [0, 0.05) is 10.9 Å². The van der Waals surface area contributed by atoms with E-state index in [-0.39, 0.29) is 18.3 Å². The summed E-state index contributed by atoms with van der Waals surface area (Å²) in [7, 11) is 0. The van der Waals surface area contributed by atoms with Crippen molar-refractivity contribution in [2.24, 2.45) is 0 Å². The predicted molar refractivity (Wildman–Crippen MR) is 113 cm³/mol. The van der Waals surface area contributed by atoms with E-state index in [0.29, 0.717) is 29.2 Å². The number of anilines is 1. The molecule has 1 N–H and O–H groups in total. The van der Waals surface area contributed by atoms with Gasteiger partial charge in [0.15, 0.2) is 5.76 Å². The van der Waals surface area contributed by atoms with E-state index in [1.54, 1.807) is 6.07 Å². The number of hydrogen-bond acceptors (Lipinski definition) is 4. The molecule has 0 aliphatic heterocycles. The molecular formula is C24H21NO4. The van der Waals surface area contributed by atoms with Crippen molar-refractivity contribution in [2.45, 2.75) is 13.5 Å². The first-order valence-corrected chi connectivity index (χ1v) is 9.47. The fourth-order valence-corrected chi connectivity index (χ4v) is 3.13. The van der Waals surface area contributed by atoms with E-state index >= 15 is 0 Å². The number of hydrogen-bond donors (Lipinski definition) is 1. The van der Waals surface area contributed by atoms with Gasteiger partial charge in [-0.1, -0.05) is 48.5 Å². The number of carbonyl (C=O) groups is 1. The van der Waals surface area contributed by atoms with Crippen LogP contribution in [0.3, 0.4) is 0 Å². The van der Waals surface area contributed by atoms with Gasteiger partial charge < -0.3 is 19.2 Å². The van der Waals surface area contributed by atoms with E-state index in [1.807, 2.05) is 79.7 Å². The van der Waals surface area contributed by atoms with Crippen LogP contribution >= 0.6 is 0 Å². The highest BCUT2D eigenvalue weighted by atomic mass is 16.5. The molecule has 0 aliphatic rings. The monoisotopic (exact) mass is 387 g/mol. The predicted octanol–water partition coefficient (Wildman–Crippen LogP) is 5.66. The van der Waals surface area contributed by atoms with E-state index in [1.165, 1.54) is 0 Å². The Hall–Kier alpha value is -3.73. The summed E-state index contributed by atoms with van der Waals surface area (Å²) >= 11 is 0. The zero-order valence-electron chi connectivity index (χ0n) is 16.1. The number of ether oxygens (including phenoxy) is 2. The molecule has 1 aromatic heterocycles. The van der Waals surface area contributed by atoms with Gasteiger partial charge in [-0.3, -0.25) is 4.79 Å². The van der Waals surface area contributed by atoms with Gasteiger partial charge >= 0.3 is 0 Å². The average Bonchev–Trinajstić information content (AvgIpc) is 3.13. The van der Waals surface area contributed by atoms with Crippen molar-refractivity contribution in [1.29, 1.82) is 0 Å². The highest BCUT2D eigenvalue weighted by Crippen LogP contribution is 2.30. The van der Waals surface area contributed by atoms with Crippen LogP contribution in [0.1, 0.15) is 23.0 Å². The second kappa shape index (κ2) is 8.52. The molecule has 146 valence electrons. The molecule has 3 aromatic carbocycles. The highest BCUT2D eigenvalue weighted by molar-refractivity contribution is 6.07. The van der Waals surface area contributed by atoms with E-state index in [2.05, 4.69) is 5.32 Å². The molecule has 0 spiro atoms. The minimum atomic E-state index is -0.347. The summed E-state index contributed by atoms with van der Waals surface area (Å²) in [5.74, 6) is 1.22. The molecule has 0 saturated carbocycles. The number of carbonyl (C=O) groups excluding carboxylic acids is 1. The summed E-state index contributed by atoms with van der Waals surface area (Å²) < 4.78 is 17.4. The number of nitrogens with one attached hydrogen (secondary N) is 1. The summed E-state index contributed by atoms with van der Waals surface area (Å²) in [4.78, 5) is 13.1. The molecule has 0 aliphatic carbocycles. The zero-order valence-corrected chi connectivity index (χ0v) is 16.1. The maximum Gasteiger partial charge on any atom is 0.291 e. The number of rotatable bonds is 7. The maximum atomic E-state index is 13.1. The Kier molecular flexibility index (Phi) is 5.47. The first-order valence-electron chi connectivity index (χ1n) is 9.47. The zero-order chi connectivity index (χ0) is 20.1. The van der Waals surface area contributed by atoms with Crippen molar-refractivity contribution in [3.63, 3.8) is 0 Å². The Morgan fingerprint density at radius 3 is 2.45 bits per heavy atom. The number of benzene rings is 3. The van der Waals surface area contributed by atoms with Crippen LogP contribution in [0.2, 0.25) is 0 Å². The molecule has 1 amide bonds. The molecule has 5 heteroatoms.